The van der Waals surface area contributed by atoms with Gasteiger partial charge in [-0.2, -0.15) is 0 Å². The number of hydrogen-bond donors (Lipinski definition) is 1. The number of rotatable bonds is 7. The highest BCUT2D eigenvalue weighted by molar-refractivity contribution is 8.15. The molecule has 1 saturated heterocycles. The number of carbonyl (C=O) groups excluding carboxylic acids is 2. The molecule has 1 unspecified atom stereocenters. The zero-order chi connectivity index (χ0) is 20.8. The molecule has 1 aliphatic heterocycles. The van der Waals surface area contributed by atoms with Crippen LogP contribution in [-0.2, 0) is 9.59 Å². The van der Waals surface area contributed by atoms with Crippen molar-refractivity contribution < 1.29 is 14.3 Å². The van der Waals surface area contributed by atoms with Gasteiger partial charge in [0.2, 0.25) is 11.8 Å². The SMILES string of the molecule is C=CCN1C(=O)C(CC(=O)Nc2cccc(Cl)c2)SC1=Nc1ccc(OC)cc1. The van der Waals surface area contributed by atoms with E-state index < -0.39 is 5.25 Å². The van der Waals surface area contributed by atoms with Gasteiger partial charge in [0.15, 0.2) is 5.17 Å². The summed E-state index contributed by atoms with van der Waals surface area (Å²) in [6, 6.07) is 14.1. The minimum Gasteiger partial charge on any atom is -0.497 e. The van der Waals surface area contributed by atoms with Crippen molar-refractivity contribution >= 4 is 51.7 Å². The molecule has 29 heavy (non-hydrogen) atoms. The van der Waals surface area contributed by atoms with Crippen LogP contribution in [0, 0.1) is 0 Å². The first-order chi connectivity index (χ1) is 14.0. The lowest BCUT2D eigenvalue weighted by Crippen LogP contribution is -2.33. The Balaban J connectivity index is 1.73. The highest BCUT2D eigenvalue weighted by Gasteiger charge is 2.38. The molecule has 0 aromatic heterocycles. The monoisotopic (exact) mass is 429 g/mol. The molecule has 2 aromatic rings. The Labute approximate surface area is 178 Å². The lowest BCUT2D eigenvalue weighted by Gasteiger charge is -2.14. The molecule has 1 fully saturated rings. The largest absolute Gasteiger partial charge is 0.497 e. The first-order valence-corrected chi connectivity index (χ1v) is 10.1. The van der Waals surface area contributed by atoms with Crippen molar-refractivity contribution in [2.75, 3.05) is 19.0 Å². The smallest absolute Gasteiger partial charge is 0.242 e. The number of carbonyl (C=O) groups is 2. The predicted molar refractivity (Wildman–Crippen MR) is 118 cm³/mol. The fourth-order valence-electron chi connectivity index (χ4n) is 2.74. The molecule has 2 amide bonds. The van der Waals surface area contributed by atoms with Crippen LogP contribution in [0.25, 0.3) is 0 Å². The molecule has 1 N–H and O–H groups in total. The summed E-state index contributed by atoms with van der Waals surface area (Å²) in [6.45, 7) is 4.03. The summed E-state index contributed by atoms with van der Waals surface area (Å²) in [4.78, 5) is 31.3. The molecule has 1 aliphatic rings. The van der Waals surface area contributed by atoms with Gasteiger partial charge in [-0.25, -0.2) is 4.99 Å². The van der Waals surface area contributed by atoms with Gasteiger partial charge in [-0.3, -0.25) is 14.5 Å². The highest BCUT2D eigenvalue weighted by atomic mass is 35.5. The average molecular weight is 430 g/mol. The lowest BCUT2D eigenvalue weighted by molar-refractivity contribution is -0.127. The van der Waals surface area contributed by atoms with Crippen molar-refractivity contribution in [2.45, 2.75) is 11.7 Å². The molecule has 2 aromatic carbocycles. The van der Waals surface area contributed by atoms with Gasteiger partial charge in [0.05, 0.1) is 12.8 Å². The second-order valence-corrected chi connectivity index (χ2v) is 7.81. The van der Waals surface area contributed by atoms with Crippen LogP contribution in [0.1, 0.15) is 6.42 Å². The van der Waals surface area contributed by atoms with Gasteiger partial charge in [-0.1, -0.05) is 35.5 Å². The van der Waals surface area contributed by atoms with Crippen LogP contribution in [0.5, 0.6) is 5.75 Å². The fraction of sp³-hybridized carbons (Fsp3) is 0.190. The van der Waals surface area contributed by atoms with Crippen LogP contribution in [0.15, 0.2) is 66.2 Å². The number of thioether (sulfide) groups is 1. The van der Waals surface area contributed by atoms with Crippen molar-refractivity contribution in [1.29, 1.82) is 0 Å². The predicted octanol–water partition coefficient (Wildman–Crippen LogP) is 4.49. The normalized spacial score (nSPS) is 17.4. The Bertz CT molecular complexity index is 946. The van der Waals surface area contributed by atoms with E-state index in [0.717, 1.165) is 5.75 Å². The van der Waals surface area contributed by atoms with Crippen molar-refractivity contribution in [3.05, 3.63) is 66.2 Å². The van der Waals surface area contributed by atoms with E-state index in [4.69, 9.17) is 16.3 Å². The van der Waals surface area contributed by atoms with Gasteiger partial charge in [-0.05, 0) is 42.5 Å². The van der Waals surface area contributed by atoms with Crippen molar-refractivity contribution in [2.24, 2.45) is 4.99 Å². The topological polar surface area (TPSA) is 71.0 Å². The van der Waals surface area contributed by atoms with Gasteiger partial charge in [0.1, 0.15) is 11.0 Å². The first-order valence-electron chi connectivity index (χ1n) is 8.87. The molecule has 0 spiro atoms. The molecule has 1 heterocycles. The van der Waals surface area contributed by atoms with Crippen molar-refractivity contribution in [1.82, 2.24) is 4.90 Å². The number of nitrogens with one attached hydrogen (secondary N) is 1. The van der Waals surface area contributed by atoms with Gasteiger partial charge in [0.25, 0.3) is 0 Å². The standard InChI is InChI=1S/C21H20ClN3O3S/c1-3-11-25-20(27)18(13-19(26)23-16-6-4-5-14(22)12-16)29-21(25)24-15-7-9-17(28-2)10-8-15/h3-10,12,18H,1,11,13H2,2H3,(H,23,26). The van der Waals surface area contributed by atoms with Gasteiger partial charge < -0.3 is 10.1 Å². The van der Waals surface area contributed by atoms with Crippen molar-refractivity contribution in [3.63, 3.8) is 0 Å². The van der Waals surface area contributed by atoms with Gasteiger partial charge >= 0.3 is 0 Å². The third-order valence-corrected chi connectivity index (χ3v) is 5.52. The molecule has 0 bridgehead atoms. The van der Waals surface area contributed by atoms with E-state index in [2.05, 4.69) is 16.9 Å². The van der Waals surface area contributed by atoms with Crippen LogP contribution in [0.3, 0.4) is 0 Å². The van der Waals surface area contributed by atoms with E-state index >= 15 is 0 Å². The molecular formula is C21H20ClN3O3S. The number of amidine groups is 1. The molecule has 0 radical (unpaired) electrons. The third-order valence-electron chi connectivity index (χ3n) is 4.11. The Hall–Kier alpha value is -2.77. The second-order valence-electron chi connectivity index (χ2n) is 6.20. The molecular weight excluding hydrogens is 410 g/mol. The number of ether oxygens (including phenoxy) is 1. The summed E-state index contributed by atoms with van der Waals surface area (Å²) >= 11 is 7.22. The zero-order valence-corrected chi connectivity index (χ0v) is 17.4. The van der Waals surface area contributed by atoms with E-state index in [1.165, 1.54) is 11.8 Å². The number of amides is 2. The number of anilines is 1. The minimum atomic E-state index is -0.550. The van der Waals surface area contributed by atoms with Crippen molar-refractivity contribution in [3.8, 4) is 5.75 Å². The first kappa shape index (κ1) is 21.0. The van der Waals surface area contributed by atoms with Crippen LogP contribution in [0.2, 0.25) is 5.02 Å². The summed E-state index contributed by atoms with van der Waals surface area (Å²) in [6.07, 6.45) is 1.67. The summed E-state index contributed by atoms with van der Waals surface area (Å²) in [5.41, 5.74) is 1.28. The number of benzene rings is 2. The number of halogens is 1. The van der Waals surface area contributed by atoms with E-state index in [-0.39, 0.29) is 18.2 Å². The van der Waals surface area contributed by atoms with Gasteiger partial charge in [-0.15, -0.1) is 6.58 Å². The molecule has 150 valence electrons. The maximum Gasteiger partial charge on any atom is 0.242 e. The van der Waals surface area contributed by atoms with Crippen LogP contribution < -0.4 is 10.1 Å². The highest BCUT2D eigenvalue weighted by Crippen LogP contribution is 2.32. The van der Waals surface area contributed by atoms with E-state index in [1.54, 1.807) is 54.5 Å². The number of aliphatic imine (C=N–C) groups is 1. The van der Waals surface area contributed by atoms with E-state index in [9.17, 15) is 9.59 Å². The average Bonchev–Trinajstić information content (AvgIpc) is 2.97. The van der Waals surface area contributed by atoms with E-state index in [1.807, 2.05) is 12.1 Å². The number of nitrogens with zero attached hydrogens (tertiary/aromatic N) is 2. The number of methoxy groups -OCH3 is 1. The van der Waals surface area contributed by atoms with Crippen LogP contribution in [0.4, 0.5) is 11.4 Å². The Kier molecular flexibility index (Phi) is 6.95. The Morgan fingerprint density at radius 1 is 1.34 bits per heavy atom. The molecule has 0 aliphatic carbocycles. The quantitative estimate of drug-likeness (QED) is 0.658. The maximum absolute atomic E-state index is 12.8. The summed E-state index contributed by atoms with van der Waals surface area (Å²) in [5.74, 6) is 0.299. The minimum absolute atomic E-state index is 0.0330. The van der Waals surface area contributed by atoms with E-state index in [0.29, 0.717) is 28.1 Å². The molecule has 3 rings (SSSR count). The van der Waals surface area contributed by atoms with Crippen LogP contribution in [-0.4, -0.2) is 40.8 Å². The molecule has 6 nitrogen and oxygen atoms in total. The number of hydrogen-bond acceptors (Lipinski definition) is 5. The molecule has 0 saturated carbocycles. The summed E-state index contributed by atoms with van der Waals surface area (Å²) < 4.78 is 5.15. The third kappa shape index (κ3) is 5.40. The molecule has 8 heteroatoms. The summed E-state index contributed by atoms with van der Waals surface area (Å²) in [5, 5.41) is 3.29. The van der Waals surface area contributed by atoms with Gasteiger partial charge in [0, 0.05) is 23.7 Å². The Morgan fingerprint density at radius 2 is 2.10 bits per heavy atom. The molecule has 1 atom stereocenters. The maximum atomic E-state index is 12.8. The second kappa shape index (κ2) is 9.62. The zero-order valence-electron chi connectivity index (χ0n) is 15.8. The Morgan fingerprint density at radius 3 is 2.76 bits per heavy atom. The fourth-order valence-corrected chi connectivity index (χ4v) is 4.09. The summed E-state index contributed by atoms with van der Waals surface area (Å²) in [7, 11) is 1.59. The lowest BCUT2D eigenvalue weighted by atomic mass is 10.2. The van der Waals surface area contributed by atoms with Crippen LogP contribution >= 0.6 is 23.4 Å².